The van der Waals surface area contributed by atoms with Gasteiger partial charge in [0, 0.05) is 12.6 Å². The van der Waals surface area contributed by atoms with Crippen molar-refractivity contribution >= 4 is 5.97 Å². The molecule has 0 bridgehead atoms. The third-order valence-electron chi connectivity index (χ3n) is 1.73. The van der Waals surface area contributed by atoms with Crippen molar-refractivity contribution in [2.75, 3.05) is 13.2 Å². The molecule has 1 heterocycles. The van der Waals surface area contributed by atoms with Crippen LogP contribution in [0.2, 0.25) is 0 Å². The van der Waals surface area contributed by atoms with Crippen molar-refractivity contribution in [2.24, 2.45) is 11.7 Å². The van der Waals surface area contributed by atoms with Crippen LogP contribution in [-0.2, 0) is 9.53 Å². The molecule has 1 saturated heterocycles. The van der Waals surface area contributed by atoms with E-state index in [-0.39, 0.29) is 12.6 Å². The number of carboxylic acid groups (broad SMARTS) is 1. The lowest BCUT2D eigenvalue weighted by atomic mass is 9.97. The summed E-state index contributed by atoms with van der Waals surface area (Å²) < 4.78 is 4.95. The Morgan fingerprint density at radius 3 is 2.80 bits per heavy atom. The van der Waals surface area contributed by atoms with E-state index in [2.05, 4.69) is 0 Å². The summed E-state index contributed by atoms with van der Waals surface area (Å²) in [6.45, 7) is 0.849. The van der Waals surface area contributed by atoms with Gasteiger partial charge in [0.15, 0.2) is 0 Å². The van der Waals surface area contributed by atoms with Crippen LogP contribution in [0.15, 0.2) is 0 Å². The summed E-state index contributed by atoms with van der Waals surface area (Å²) in [4.78, 5) is 10.4. The minimum atomic E-state index is -0.854. The number of hydrogen-bond acceptors (Lipinski definition) is 3. The Morgan fingerprint density at radius 1 is 1.70 bits per heavy atom. The van der Waals surface area contributed by atoms with Gasteiger partial charge in [-0.2, -0.15) is 0 Å². The van der Waals surface area contributed by atoms with Crippen LogP contribution in [0.3, 0.4) is 0 Å². The van der Waals surface area contributed by atoms with Gasteiger partial charge in [-0.15, -0.1) is 0 Å². The molecule has 0 aromatic carbocycles. The summed E-state index contributed by atoms with van der Waals surface area (Å²) in [5.74, 6) is -1.36. The molecule has 0 aromatic heterocycles. The minimum absolute atomic E-state index is 0.230. The molecule has 0 radical (unpaired) electrons. The molecule has 1 fully saturated rings. The molecule has 4 nitrogen and oxygen atoms in total. The Morgan fingerprint density at radius 2 is 2.40 bits per heavy atom. The van der Waals surface area contributed by atoms with E-state index in [1.54, 1.807) is 0 Å². The number of aliphatic carboxylic acids is 1. The molecule has 0 unspecified atom stereocenters. The summed E-state index contributed by atoms with van der Waals surface area (Å²) in [5.41, 5.74) is 5.52. The van der Waals surface area contributed by atoms with E-state index in [0.717, 1.165) is 0 Å². The highest BCUT2D eigenvalue weighted by atomic mass is 16.5. The third kappa shape index (κ3) is 1.46. The van der Waals surface area contributed by atoms with E-state index in [0.29, 0.717) is 13.0 Å². The predicted octanol–water partition coefficient (Wildman–Crippen LogP) is -0.565. The number of hydrogen-bond donors (Lipinski definition) is 2. The number of carbonyl (C=O) groups is 1. The zero-order chi connectivity index (χ0) is 7.56. The van der Waals surface area contributed by atoms with Crippen molar-refractivity contribution in [1.29, 1.82) is 0 Å². The number of rotatable bonds is 1. The Hall–Kier alpha value is -0.610. The normalized spacial score (nSPS) is 33.7. The molecule has 2 atom stereocenters. The van der Waals surface area contributed by atoms with Crippen LogP contribution in [0.4, 0.5) is 0 Å². The van der Waals surface area contributed by atoms with E-state index in [9.17, 15) is 4.79 Å². The fraction of sp³-hybridized carbons (Fsp3) is 0.833. The van der Waals surface area contributed by atoms with Gasteiger partial charge in [-0.1, -0.05) is 0 Å². The Kier molecular flexibility index (Phi) is 2.24. The average Bonchev–Trinajstić information content (AvgIpc) is 1.88. The van der Waals surface area contributed by atoms with Gasteiger partial charge in [0.25, 0.3) is 0 Å². The molecular weight excluding hydrogens is 134 g/mol. The first-order valence-corrected chi connectivity index (χ1v) is 3.28. The molecule has 4 heteroatoms. The molecule has 0 aliphatic carbocycles. The van der Waals surface area contributed by atoms with Crippen LogP contribution in [0.5, 0.6) is 0 Å². The standard InChI is InChI=1S/C6H11NO3/c7-5-1-2-10-3-4(5)6(8)9/h4-5H,1-3,7H2,(H,8,9)/t4-,5+/m1/s1. The van der Waals surface area contributed by atoms with Gasteiger partial charge >= 0.3 is 5.97 Å². The second kappa shape index (κ2) is 2.98. The lowest BCUT2D eigenvalue weighted by molar-refractivity contribution is -0.146. The second-order valence-corrected chi connectivity index (χ2v) is 2.47. The van der Waals surface area contributed by atoms with Crippen LogP contribution >= 0.6 is 0 Å². The predicted molar refractivity (Wildman–Crippen MR) is 34.5 cm³/mol. The molecule has 1 aliphatic rings. The number of nitrogens with two attached hydrogens (primary N) is 1. The largest absolute Gasteiger partial charge is 0.481 e. The van der Waals surface area contributed by atoms with Gasteiger partial charge in [0.05, 0.1) is 12.5 Å². The maximum Gasteiger partial charge on any atom is 0.310 e. The molecule has 1 rings (SSSR count). The molecule has 10 heavy (non-hydrogen) atoms. The van der Waals surface area contributed by atoms with E-state index in [1.165, 1.54) is 0 Å². The molecular formula is C6H11NO3. The number of carboxylic acids is 1. The van der Waals surface area contributed by atoms with Gasteiger partial charge in [-0.3, -0.25) is 4.79 Å². The van der Waals surface area contributed by atoms with Crippen molar-refractivity contribution in [3.05, 3.63) is 0 Å². The highest BCUT2D eigenvalue weighted by Gasteiger charge is 2.28. The molecule has 3 N–H and O–H groups in total. The third-order valence-corrected chi connectivity index (χ3v) is 1.73. The smallest absolute Gasteiger partial charge is 0.310 e. The lowest BCUT2D eigenvalue weighted by Crippen LogP contribution is -2.42. The van der Waals surface area contributed by atoms with E-state index in [4.69, 9.17) is 15.6 Å². The fourth-order valence-electron chi connectivity index (χ4n) is 1.01. The monoisotopic (exact) mass is 145 g/mol. The molecule has 1 aliphatic heterocycles. The Labute approximate surface area is 59.0 Å². The topological polar surface area (TPSA) is 72.5 Å². The van der Waals surface area contributed by atoms with Crippen molar-refractivity contribution in [2.45, 2.75) is 12.5 Å². The lowest BCUT2D eigenvalue weighted by Gasteiger charge is -2.24. The first kappa shape index (κ1) is 7.50. The summed E-state index contributed by atoms with van der Waals surface area (Å²) in [6, 6.07) is -0.230. The van der Waals surface area contributed by atoms with Crippen molar-refractivity contribution in [3.63, 3.8) is 0 Å². The van der Waals surface area contributed by atoms with Crippen molar-refractivity contribution < 1.29 is 14.6 Å². The zero-order valence-electron chi connectivity index (χ0n) is 5.62. The van der Waals surface area contributed by atoms with Crippen molar-refractivity contribution in [3.8, 4) is 0 Å². The zero-order valence-corrected chi connectivity index (χ0v) is 5.62. The summed E-state index contributed by atoms with van der Waals surface area (Å²) in [7, 11) is 0. The average molecular weight is 145 g/mol. The van der Waals surface area contributed by atoms with Gasteiger partial charge in [-0.25, -0.2) is 0 Å². The first-order chi connectivity index (χ1) is 4.72. The molecule has 0 aromatic rings. The van der Waals surface area contributed by atoms with Crippen LogP contribution in [-0.4, -0.2) is 30.3 Å². The molecule has 0 spiro atoms. The first-order valence-electron chi connectivity index (χ1n) is 3.28. The second-order valence-electron chi connectivity index (χ2n) is 2.47. The van der Waals surface area contributed by atoms with Gasteiger partial charge < -0.3 is 15.6 Å². The summed E-state index contributed by atoms with van der Waals surface area (Å²) in [6.07, 6.45) is 0.650. The van der Waals surface area contributed by atoms with E-state index >= 15 is 0 Å². The maximum absolute atomic E-state index is 10.4. The number of ether oxygens (including phenoxy) is 1. The van der Waals surface area contributed by atoms with Crippen LogP contribution in [0, 0.1) is 5.92 Å². The molecule has 0 amide bonds. The van der Waals surface area contributed by atoms with Crippen LogP contribution in [0.1, 0.15) is 6.42 Å². The fourth-order valence-corrected chi connectivity index (χ4v) is 1.01. The summed E-state index contributed by atoms with van der Waals surface area (Å²) >= 11 is 0. The maximum atomic E-state index is 10.4. The van der Waals surface area contributed by atoms with Crippen LogP contribution < -0.4 is 5.73 Å². The Balaban J connectivity index is 2.47. The molecule has 58 valence electrons. The Bertz CT molecular complexity index is 137. The SMILES string of the molecule is N[C@H]1CCOC[C@H]1C(=O)O. The minimum Gasteiger partial charge on any atom is -0.481 e. The highest BCUT2D eigenvalue weighted by Crippen LogP contribution is 2.12. The van der Waals surface area contributed by atoms with E-state index < -0.39 is 11.9 Å². The molecule has 0 saturated carbocycles. The van der Waals surface area contributed by atoms with Crippen LogP contribution in [0.25, 0.3) is 0 Å². The summed E-state index contributed by atoms with van der Waals surface area (Å²) in [5, 5.41) is 8.55. The van der Waals surface area contributed by atoms with Gasteiger partial charge in [0.2, 0.25) is 0 Å². The van der Waals surface area contributed by atoms with Gasteiger partial charge in [0.1, 0.15) is 0 Å². The van der Waals surface area contributed by atoms with Gasteiger partial charge in [-0.05, 0) is 6.42 Å². The van der Waals surface area contributed by atoms with E-state index in [1.807, 2.05) is 0 Å². The quantitative estimate of drug-likeness (QED) is 0.518. The van der Waals surface area contributed by atoms with Crippen molar-refractivity contribution in [1.82, 2.24) is 0 Å². The highest BCUT2D eigenvalue weighted by molar-refractivity contribution is 5.71.